The minimum atomic E-state index is -4.46. The number of rotatable bonds is 7. The number of amides is 1. The molecule has 0 fully saturated rings. The Hall–Kier alpha value is -3.91. The van der Waals surface area contributed by atoms with Crippen LogP contribution in [0.15, 0.2) is 78.9 Å². The molecule has 0 spiro atoms. The fourth-order valence-corrected chi connectivity index (χ4v) is 3.47. The van der Waals surface area contributed by atoms with Gasteiger partial charge in [-0.15, -0.1) is 0 Å². The standard InChI is InChI=1S/C27H23F3N2O3/c1-17(15-33)16-35-22-11-9-21(10-12-22)31-26(34)23-7-3-4-18-8-13-24(32-25(18)23)19-5-2-6-20(14-19)27(28,29)30/h2-14,17,33H,15-16H2,1H3,(H,31,34). The zero-order chi connectivity index (χ0) is 25.0. The number of alkyl halides is 3. The van der Waals surface area contributed by atoms with E-state index in [-0.39, 0.29) is 12.5 Å². The number of fused-ring (bicyclic) bond motifs is 1. The molecular formula is C27H23F3N2O3. The number of pyridine rings is 1. The van der Waals surface area contributed by atoms with Crippen LogP contribution in [-0.2, 0) is 6.18 Å². The number of hydrogen-bond donors (Lipinski definition) is 2. The van der Waals surface area contributed by atoms with Crippen molar-refractivity contribution in [2.45, 2.75) is 13.1 Å². The summed E-state index contributed by atoms with van der Waals surface area (Å²) in [5.74, 6) is 0.224. The van der Waals surface area contributed by atoms with Crippen LogP contribution >= 0.6 is 0 Å². The van der Waals surface area contributed by atoms with Gasteiger partial charge in [0.15, 0.2) is 0 Å². The monoisotopic (exact) mass is 480 g/mol. The first kappa shape index (κ1) is 24.2. The molecule has 4 aromatic rings. The van der Waals surface area contributed by atoms with E-state index >= 15 is 0 Å². The molecule has 35 heavy (non-hydrogen) atoms. The number of halogens is 3. The molecule has 1 aromatic heterocycles. The lowest BCUT2D eigenvalue weighted by atomic mass is 10.0. The van der Waals surface area contributed by atoms with Crippen molar-refractivity contribution in [3.63, 3.8) is 0 Å². The van der Waals surface area contributed by atoms with Gasteiger partial charge in [0.25, 0.3) is 5.91 Å². The van der Waals surface area contributed by atoms with Crippen molar-refractivity contribution in [2.24, 2.45) is 5.92 Å². The number of ether oxygens (including phenoxy) is 1. The van der Waals surface area contributed by atoms with E-state index < -0.39 is 17.6 Å². The second kappa shape index (κ2) is 10.1. The molecule has 1 atom stereocenters. The highest BCUT2D eigenvalue weighted by Crippen LogP contribution is 2.32. The first-order chi connectivity index (χ1) is 16.7. The first-order valence-electron chi connectivity index (χ1n) is 11.0. The Morgan fingerprint density at radius 3 is 2.49 bits per heavy atom. The van der Waals surface area contributed by atoms with Crippen molar-refractivity contribution in [2.75, 3.05) is 18.5 Å². The van der Waals surface area contributed by atoms with Crippen molar-refractivity contribution >= 4 is 22.5 Å². The highest BCUT2D eigenvalue weighted by molar-refractivity contribution is 6.12. The summed E-state index contributed by atoms with van der Waals surface area (Å²) in [5, 5.41) is 12.6. The summed E-state index contributed by atoms with van der Waals surface area (Å²) in [4.78, 5) is 17.6. The van der Waals surface area contributed by atoms with Crippen LogP contribution in [0.2, 0.25) is 0 Å². The zero-order valence-corrected chi connectivity index (χ0v) is 18.8. The highest BCUT2D eigenvalue weighted by Gasteiger charge is 2.30. The molecule has 0 bridgehead atoms. The summed E-state index contributed by atoms with van der Waals surface area (Å²) in [6.45, 7) is 2.27. The normalized spacial score (nSPS) is 12.4. The van der Waals surface area contributed by atoms with E-state index in [1.165, 1.54) is 6.07 Å². The van der Waals surface area contributed by atoms with E-state index in [0.717, 1.165) is 12.1 Å². The van der Waals surface area contributed by atoms with Gasteiger partial charge in [-0.1, -0.05) is 37.3 Å². The van der Waals surface area contributed by atoms with Crippen molar-refractivity contribution in [3.05, 3.63) is 90.0 Å². The topological polar surface area (TPSA) is 71.5 Å². The van der Waals surface area contributed by atoms with E-state index in [2.05, 4.69) is 10.3 Å². The van der Waals surface area contributed by atoms with Gasteiger partial charge in [-0.25, -0.2) is 4.98 Å². The van der Waals surface area contributed by atoms with Crippen molar-refractivity contribution in [1.82, 2.24) is 4.98 Å². The summed E-state index contributed by atoms with van der Waals surface area (Å²) in [5.41, 5.74) is 1.11. The Morgan fingerprint density at radius 2 is 1.77 bits per heavy atom. The van der Waals surface area contributed by atoms with Crippen LogP contribution in [0.25, 0.3) is 22.2 Å². The van der Waals surface area contributed by atoms with Crippen molar-refractivity contribution in [3.8, 4) is 17.0 Å². The number of nitrogens with one attached hydrogen (secondary N) is 1. The zero-order valence-electron chi connectivity index (χ0n) is 18.8. The van der Waals surface area contributed by atoms with Crippen LogP contribution in [0.1, 0.15) is 22.8 Å². The second-order valence-corrected chi connectivity index (χ2v) is 8.23. The third-order valence-electron chi connectivity index (χ3n) is 5.41. The van der Waals surface area contributed by atoms with Gasteiger partial charge < -0.3 is 15.2 Å². The number of nitrogens with zero attached hydrogens (tertiary/aromatic N) is 1. The van der Waals surface area contributed by atoms with Gasteiger partial charge in [0, 0.05) is 29.2 Å². The van der Waals surface area contributed by atoms with Gasteiger partial charge in [0.2, 0.25) is 0 Å². The molecule has 2 N–H and O–H groups in total. The molecule has 1 unspecified atom stereocenters. The van der Waals surface area contributed by atoms with Crippen molar-refractivity contribution < 1.29 is 27.8 Å². The van der Waals surface area contributed by atoms with Gasteiger partial charge in [0.05, 0.1) is 28.9 Å². The number of carbonyl (C=O) groups excluding carboxylic acids is 1. The number of aliphatic hydroxyl groups is 1. The Bertz CT molecular complexity index is 1340. The fourth-order valence-electron chi connectivity index (χ4n) is 3.47. The molecule has 1 heterocycles. The molecule has 0 aliphatic heterocycles. The molecule has 0 aliphatic rings. The van der Waals surface area contributed by atoms with Crippen LogP contribution in [0.5, 0.6) is 5.75 Å². The van der Waals surface area contributed by atoms with Crippen LogP contribution in [0.4, 0.5) is 18.9 Å². The lowest BCUT2D eigenvalue weighted by molar-refractivity contribution is -0.137. The molecule has 8 heteroatoms. The first-order valence-corrected chi connectivity index (χ1v) is 11.0. The van der Waals surface area contributed by atoms with E-state index in [9.17, 15) is 18.0 Å². The molecule has 0 saturated carbocycles. The lowest BCUT2D eigenvalue weighted by Crippen LogP contribution is -2.13. The summed E-state index contributed by atoms with van der Waals surface area (Å²) in [6, 6.07) is 20.3. The van der Waals surface area contributed by atoms with E-state index in [1.54, 1.807) is 60.7 Å². The summed E-state index contributed by atoms with van der Waals surface area (Å²) >= 11 is 0. The third-order valence-corrected chi connectivity index (χ3v) is 5.41. The smallest absolute Gasteiger partial charge is 0.416 e. The van der Waals surface area contributed by atoms with E-state index in [1.807, 2.05) is 6.92 Å². The Labute approximate surface area is 200 Å². The van der Waals surface area contributed by atoms with Crippen molar-refractivity contribution in [1.29, 1.82) is 0 Å². The number of anilines is 1. The molecule has 0 saturated heterocycles. The number of para-hydroxylation sites is 1. The van der Waals surface area contributed by atoms with E-state index in [0.29, 0.717) is 45.8 Å². The SMILES string of the molecule is CC(CO)COc1ccc(NC(=O)c2cccc3ccc(-c4cccc(C(F)(F)F)c4)nc23)cc1. The van der Waals surface area contributed by atoms with Crippen LogP contribution in [-0.4, -0.2) is 29.2 Å². The van der Waals surface area contributed by atoms with Crippen LogP contribution in [0, 0.1) is 5.92 Å². The lowest BCUT2D eigenvalue weighted by Gasteiger charge is -2.12. The average molecular weight is 480 g/mol. The Morgan fingerprint density at radius 1 is 1.03 bits per heavy atom. The predicted octanol–water partition coefficient (Wildman–Crippen LogP) is 6.18. The minimum absolute atomic E-state index is 0.00840. The fraction of sp³-hybridized carbons (Fsp3) is 0.185. The number of benzene rings is 3. The maximum Gasteiger partial charge on any atom is 0.416 e. The summed E-state index contributed by atoms with van der Waals surface area (Å²) in [6.07, 6.45) is -4.46. The van der Waals surface area contributed by atoms with Crippen LogP contribution in [0.3, 0.4) is 0 Å². The van der Waals surface area contributed by atoms with Gasteiger partial charge in [-0.05, 0) is 48.5 Å². The van der Waals surface area contributed by atoms with Gasteiger partial charge in [0.1, 0.15) is 5.75 Å². The number of aromatic nitrogens is 1. The number of aliphatic hydroxyl groups excluding tert-OH is 1. The second-order valence-electron chi connectivity index (χ2n) is 8.23. The minimum Gasteiger partial charge on any atom is -0.493 e. The number of hydrogen-bond acceptors (Lipinski definition) is 4. The molecular weight excluding hydrogens is 457 g/mol. The quantitative estimate of drug-likeness (QED) is 0.331. The van der Waals surface area contributed by atoms with Gasteiger partial charge in [-0.3, -0.25) is 4.79 Å². The van der Waals surface area contributed by atoms with Gasteiger partial charge >= 0.3 is 6.18 Å². The molecule has 0 radical (unpaired) electrons. The molecule has 3 aromatic carbocycles. The van der Waals surface area contributed by atoms with Crippen LogP contribution < -0.4 is 10.1 Å². The molecule has 1 amide bonds. The Kier molecular flexibility index (Phi) is 7.02. The maximum absolute atomic E-state index is 13.1. The third kappa shape index (κ3) is 5.78. The largest absolute Gasteiger partial charge is 0.493 e. The number of carbonyl (C=O) groups is 1. The summed E-state index contributed by atoms with van der Waals surface area (Å²) in [7, 11) is 0. The summed E-state index contributed by atoms with van der Waals surface area (Å²) < 4.78 is 45.0. The molecule has 5 nitrogen and oxygen atoms in total. The molecule has 4 rings (SSSR count). The Balaban J connectivity index is 1.58. The van der Waals surface area contributed by atoms with E-state index in [4.69, 9.17) is 9.84 Å². The maximum atomic E-state index is 13.1. The highest BCUT2D eigenvalue weighted by atomic mass is 19.4. The molecule has 180 valence electrons. The van der Waals surface area contributed by atoms with Gasteiger partial charge in [-0.2, -0.15) is 13.2 Å². The predicted molar refractivity (Wildman–Crippen MR) is 128 cm³/mol. The average Bonchev–Trinajstić information content (AvgIpc) is 2.87. The molecule has 0 aliphatic carbocycles.